The molecule has 0 saturated heterocycles. The van der Waals surface area contributed by atoms with Crippen LogP contribution in [0.2, 0.25) is 0 Å². The number of carbonyl (C=O) groups is 2. The maximum Gasteiger partial charge on any atom is 0.264 e. The van der Waals surface area contributed by atoms with Crippen molar-refractivity contribution in [2.45, 2.75) is 70.0 Å². The summed E-state index contributed by atoms with van der Waals surface area (Å²) < 4.78 is 28.7. The molecule has 1 aliphatic rings. The van der Waals surface area contributed by atoms with Gasteiger partial charge in [0.2, 0.25) is 11.8 Å². The molecule has 0 heterocycles. The number of hydrogen-bond donors (Lipinski definition) is 1. The van der Waals surface area contributed by atoms with Crippen LogP contribution in [-0.2, 0) is 26.2 Å². The van der Waals surface area contributed by atoms with Gasteiger partial charge in [0.25, 0.3) is 10.0 Å². The van der Waals surface area contributed by atoms with Crippen molar-refractivity contribution in [3.8, 4) is 0 Å². The average molecular weight is 548 g/mol. The first kappa shape index (κ1) is 28.4. The second kappa shape index (κ2) is 12.5. The molecule has 206 valence electrons. The Morgan fingerprint density at radius 1 is 0.897 bits per heavy atom. The molecule has 8 heteroatoms. The van der Waals surface area contributed by atoms with E-state index in [0.29, 0.717) is 5.69 Å². The second-order valence-corrected chi connectivity index (χ2v) is 12.2. The summed E-state index contributed by atoms with van der Waals surface area (Å²) >= 11 is 0. The molecule has 1 N–H and O–H groups in total. The van der Waals surface area contributed by atoms with Crippen LogP contribution in [0.4, 0.5) is 5.69 Å². The third-order valence-corrected chi connectivity index (χ3v) is 9.02. The van der Waals surface area contributed by atoms with Crippen molar-refractivity contribution in [3.63, 3.8) is 0 Å². The molecule has 1 fully saturated rings. The Morgan fingerprint density at radius 2 is 1.56 bits per heavy atom. The lowest BCUT2D eigenvalue weighted by atomic mass is 10.1. The number of anilines is 1. The molecule has 4 rings (SSSR count). The molecule has 0 bridgehead atoms. The number of nitrogens with zero attached hydrogens (tertiary/aromatic N) is 2. The van der Waals surface area contributed by atoms with Gasteiger partial charge in [-0.05, 0) is 63.4 Å². The predicted molar refractivity (Wildman–Crippen MR) is 154 cm³/mol. The molecule has 3 aromatic carbocycles. The first-order valence-electron chi connectivity index (χ1n) is 13.4. The predicted octanol–water partition coefficient (Wildman–Crippen LogP) is 4.97. The summed E-state index contributed by atoms with van der Waals surface area (Å²) in [7, 11) is -4.05. The average Bonchev–Trinajstić information content (AvgIpc) is 3.44. The van der Waals surface area contributed by atoms with Crippen molar-refractivity contribution >= 4 is 27.5 Å². The summed E-state index contributed by atoms with van der Waals surface area (Å²) in [6, 6.07) is 22.2. The van der Waals surface area contributed by atoms with Gasteiger partial charge in [0.05, 0.1) is 10.6 Å². The van der Waals surface area contributed by atoms with E-state index in [1.807, 2.05) is 50.2 Å². The maximum absolute atomic E-state index is 14.0. The van der Waals surface area contributed by atoms with E-state index in [2.05, 4.69) is 5.32 Å². The van der Waals surface area contributed by atoms with E-state index in [4.69, 9.17) is 0 Å². The van der Waals surface area contributed by atoms with Crippen LogP contribution in [0, 0.1) is 13.8 Å². The Hall–Kier alpha value is -3.65. The van der Waals surface area contributed by atoms with E-state index in [1.165, 1.54) is 17.0 Å². The van der Waals surface area contributed by atoms with Gasteiger partial charge in [-0.2, -0.15) is 0 Å². The summed E-state index contributed by atoms with van der Waals surface area (Å²) in [5.41, 5.74) is 3.27. The number of aryl methyl sites for hydroxylation is 2. The smallest absolute Gasteiger partial charge is 0.264 e. The second-order valence-electron chi connectivity index (χ2n) is 10.3. The summed E-state index contributed by atoms with van der Waals surface area (Å²) in [6.07, 6.45) is 4.02. The minimum absolute atomic E-state index is 0.0932. The number of nitrogens with one attached hydrogen (secondary N) is 1. The van der Waals surface area contributed by atoms with Crippen molar-refractivity contribution in [1.82, 2.24) is 10.2 Å². The molecular weight excluding hydrogens is 510 g/mol. The van der Waals surface area contributed by atoms with E-state index in [0.717, 1.165) is 46.7 Å². The van der Waals surface area contributed by atoms with Crippen LogP contribution < -0.4 is 9.62 Å². The number of amides is 2. The van der Waals surface area contributed by atoms with Gasteiger partial charge in [-0.3, -0.25) is 13.9 Å². The summed E-state index contributed by atoms with van der Waals surface area (Å²) in [5.74, 6) is -0.679. The normalized spacial score (nSPS) is 14.5. The Balaban J connectivity index is 1.67. The van der Waals surface area contributed by atoms with E-state index < -0.39 is 28.5 Å². The van der Waals surface area contributed by atoms with E-state index >= 15 is 0 Å². The zero-order chi connectivity index (χ0) is 28.0. The highest BCUT2D eigenvalue weighted by molar-refractivity contribution is 7.92. The SMILES string of the molecule is Cc1ccc(N(CC(=O)N(Cc2cccc(C)c2)[C@@H](C)C(=O)NC2CCCC2)S(=O)(=O)c2ccccc2)cc1. The fourth-order valence-electron chi connectivity index (χ4n) is 4.94. The Bertz CT molecular complexity index is 1380. The van der Waals surface area contributed by atoms with Gasteiger partial charge in [-0.15, -0.1) is 0 Å². The van der Waals surface area contributed by atoms with Crippen molar-refractivity contribution < 1.29 is 18.0 Å². The quantitative estimate of drug-likeness (QED) is 0.388. The van der Waals surface area contributed by atoms with Gasteiger partial charge in [0, 0.05) is 12.6 Å². The third-order valence-electron chi connectivity index (χ3n) is 7.24. The highest BCUT2D eigenvalue weighted by atomic mass is 32.2. The lowest BCUT2D eigenvalue weighted by Crippen LogP contribution is -2.52. The largest absolute Gasteiger partial charge is 0.352 e. The molecule has 2 amide bonds. The summed E-state index contributed by atoms with van der Waals surface area (Å²) in [5, 5.41) is 3.09. The lowest BCUT2D eigenvalue weighted by molar-refractivity contribution is -0.139. The van der Waals surface area contributed by atoms with Crippen LogP contribution >= 0.6 is 0 Å². The van der Waals surface area contributed by atoms with Crippen LogP contribution in [-0.4, -0.2) is 43.8 Å². The van der Waals surface area contributed by atoms with Crippen LogP contribution in [0.15, 0.2) is 83.8 Å². The molecule has 0 spiro atoms. The zero-order valence-corrected chi connectivity index (χ0v) is 23.7. The fraction of sp³-hybridized carbons (Fsp3) is 0.355. The van der Waals surface area contributed by atoms with Crippen molar-refractivity contribution in [3.05, 3.63) is 95.6 Å². The van der Waals surface area contributed by atoms with Crippen molar-refractivity contribution in [2.24, 2.45) is 0 Å². The van der Waals surface area contributed by atoms with Crippen LogP contribution in [0.5, 0.6) is 0 Å². The minimum atomic E-state index is -4.05. The molecule has 0 aliphatic heterocycles. The zero-order valence-electron chi connectivity index (χ0n) is 22.8. The van der Waals surface area contributed by atoms with Gasteiger partial charge >= 0.3 is 0 Å². The van der Waals surface area contributed by atoms with Gasteiger partial charge in [-0.25, -0.2) is 8.42 Å². The van der Waals surface area contributed by atoms with Gasteiger partial charge in [0.1, 0.15) is 12.6 Å². The number of sulfonamides is 1. The highest BCUT2D eigenvalue weighted by Crippen LogP contribution is 2.25. The van der Waals surface area contributed by atoms with E-state index in [1.54, 1.807) is 37.3 Å². The molecule has 0 radical (unpaired) electrons. The standard InChI is InChI=1S/C31H37N3O4S/c1-23-16-18-28(19-17-23)34(39(37,38)29-14-5-4-6-15-29)22-30(35)33(21-26-11-9-10-24(2)20-26)25(3)31(36)32-27-12-7-8-13-27/h4-6,9-11,14-20,25,27H,7-8,12-13,21-22H2,1-3H3,(H,32,36)/t25-/m0/s1. The molecule has 0 aromatic heterocycles. The number of hydrogen-bond acceptors (Lipinski definition) is 4. The number of benzene rings is 3. The Kier molecular flexibility index (Phi) is 9.07. The Labute approximate surface area is 231 Å². The molecule has 3 aromatic rings. The van der Waals surface area contributed by atoms with Gasteiger partial charge in [-0.1, -0.05) is 78.6 Å². The van der Waals surface area contributed by atoms with Crippen LogP contribution in [0.25, 0.3) is 0 Å². The maximum atomic E-state index is 14.0. The molecule has 7 nitrogen and oxygen atoms in total. The molecule has 1 saturated carbocycles. The van der Waals surface area contributed by atoms with Gasteiger partial charge in [0.15, 0.2) is 0 Å². The molecule has 39 heavy (non-hydrogen) atoms. The molecule has 1 aliphatic carbocycles. The summed E-state index contributed by atoms with van der Waals surface area (Å²) in [6.45, 7) is 5.34. The number of rotatable bonds is 10. The van der Waals surface area contributed by atoms with Gasteiger partial charge < -0.3 is 10.2 Å². The van der Waals surface area contributed by atoms with E-state index in [9.17, 15) is 18.0 Å². The van der Waals surface area contributed by atoms with Crippen LogP contribution in [0.3, 0.4) is 0 Å². The number of carbonyl (C=O) groups excluding carboxylic acids is 2. The van der Waals surface area contributed by atoms with Crippen molar-refractivity contribution in [1.29, 1.82) is 0 Å². The molecular formula is C31H37N3O4S. The van der Waals surface area contributed by atoms with Crippen molar-refractivity contribution in [2.75, 3.05) is 10.8 Å². The van der Waals surface area contributed by atoms with E-state index in [-0.39, 0.29) is 23.4 Å². The fourth-order valence-corrected chi connectivity index (χ4v) is 6.38. The highest BCUT2D eigenvalue weighted by Gasteiger charge is 2.33. The molecule has 0 unspecified atom stereocenters. The molecule has 1 atom stereocenters. The van der Waals surface area contributed by atoms with Crippen LogP contribution in [0.1, 0.15) is 49.3 Å². The lowest BCUT2D eigenvalue weighted by Gasteiger charge is -2.32. The summed E-state index contributed by atoms with van der Waals surface area (Å²) in [4.78, 5) is 28.8. The third kappa shape index (κ3) is 7.06. The minimum Gasteiger partial charge on any atom is -0.352 e. The monoisotopic (exact) mass is 547 g/mol. The Morgan fingerprint density at radius 3 is 2.21 bits per heavy atom. The topological polar surface area (TPSA) is 86.8 Å². The first-order chi connectivity index (χ1) is 18.6. The first-order valence-corrected chi connectivity index (χ1v) is 14.9.